The van der Waals surface area contributed by atoms with E-state index in [2.05, 4.69) is 26.3 Å². The van der Waals surface area contributed by atoms with Gasteiger partial charge < -0.3 is 14.6 Å². The number of aliphatic hydroxyl groups is 1. The lowest BCUT2D eigenvalue weighted by Gasteiger charge is -2.15. The fourth-order valence-electron chi connectivity index (χ4n) is 2.31. The van der Waals surface area contributed by atoms with E-state index in [1.165, 1.54) is 4.68 Å². The molecule has 2 unspecified atom stereocenters. The predicted octanol–water partition coefficient (Wildman–Crippen LogP) is 4.39. The summed E-state index contributed by atoms with van der Waals surface area (Å²) in [5.41, 5.74) is 0.720. The van der Waals surface area contributed by atoms with Crippen molar-refractivity contribution in [2.45, 2.75) is 26.1 Å². The van der Waals surface area contributed by atoms with Gasteiger partial charge in [-0.1, -0.05) is 36.4 Å². The van der Waals surface area contributed by atoms with Gasteiger partial charge in [-0.2, -0.15) is 0 Å². The number of benzene rings is 2. The molecule has 0 bridgehead atoms. The highest BCUT2D eigenvalue weighted by Gasteiger charge is 2.23. The van der Waals surface area contributed by atoms with Gasteiger partial charge in [-0.25, -0.2) is 9.48 Å². The molecule has 0 aliphatic heterocycles. The van der Waals surface area contributed by atoms with E-state index in [1.807, 2.05) is 36.4 Å². The van der Waals surface area contributed by atoms with Crippen molar-refractivity contribution < 1.29 is 19.4 Å². The fraction of sp³-hybridized carbons (Fsp3) is 0.200. The summed E-state index contributed by atoms with van der Waals surface area (Å²) in [6.07, 6.45) is -1.84. The molecule has 0 fully saturated rings. The quantitative estimate of drug-likeness (QED) is 0.587. The number of carbonyl (C=O) groups excluding carboxylic acids is 1. The van der Waals surface area contributed by atoms with Crippen LogP contribution >= 0.6 is 15.9 Å². The molecule has 0 aliphatic carbocycles. The Labute approximate surface area is 171 Å². The van der Waals surface area contributed by atoms with Gasteiger partial charge in [0.15, 0.2) is 5.82 Å². The Balaban J connectivity index is 1.91. The molecule has 0 aliphatic rings. The molecule has 2 aromatic carbocycles. The lowest BCUT2D eigenvalue weighted by atomic mass is 10.3. The Hall–Kier alpha value is -2.84. The molecule has 2 atom stereocenters. The molecule has 0 spiro atoms. The van der Waals surface area contributed by atoms with E-state index in [0.717, 1.165) is 5.69 Å². The highest BCUT2D eigenvalue weighted by Crippen LogP contribution is 2.35. The molecule has 3 aromatic rings. The van der Waals surface area contributed by atoms with Crippen molar-refractivity contribution in [2.75, 3.05) is 5.32 Å². The highest BCUT2D eigenvalue weighted by molar-refractivity contribution is 9.10. The van der Waals surface area contributed by atoms with Gasteiger partial charge in [0.05, 0.1) is 11.8 Å². The molecule has 2 N–H and O–H groups in total. The number of ether oxygens (including phenoxy) is 2. The molecule has 146 valence electrons. The average molecular weight is 446 g/mol. The van der Waals surface area contributed by atoms with Crippen LogP contribution < -0.4 is 14.8 Å². The van der Waals surface area contributed by atoms with Crippen LogP contribution in [0.3, 0.4) is 0 Å². The number of anilines is 1. The predicted molar refractivity (Wildman–Crippen MR) is 109 cm³/mol. The Morgan fingerprint density at radius 3 is 2.32 bits per heavy atom. The second-order valence-electron chi connectivity index (χ2n) is 6.11. The molecule has 1 amide bonds. The summed E-state index contributed by atoms with van der Waals surface area (Å²) in [5.74, 6) is 1.01. The van der Waals surface area contributed by atoms with Crippen molar-refractivity contribution in [2.24, 2.45) is 0 Å². The van der Waals surface area contributed by atoms with Crippen molar-refractivity contribution in [1.29, 1.82) is 0 Å². The second-order valence-corrected chi connectivity index (χ2v) is 6.90. The Morgan fingerprint density at radius 1 is 1.11 bits per heavy atom. The van der Waals surface area contributed by atoms with E-state index in [0.29, 0.717) is 16.0 Å². The topological polar surface area (TPSA) is 85.6 Å². The van der Waals surface area contributed by atoms with Gasteiger partial charge in [-0.05, 0) is 54.0 Å². The smallest absolute Gasteiger partial charge is 0.418 e. The lowest BCUT2D eigenvalue weighted by molar-refractivity contribution is 0.0567. The normalized spacial score (nSPS) is 12.9. The van der Waals surface area contributed by atoms with E-state index in [-0.39, 0.29) is 5.88 Å². The van der Waals surface area contributed by atoms with Gasteiger partial charge in [0, 0.05) is 0 Å². The number of amides is 1. The first-order valence-electron chi connectivity index (χ1n) is 8.68. The number of aliphatic hydroxyl groups excluding tert-OH is 1. The van der Waals surface area contributed by atoms with Crippen LogP contribution in [0.2, 0.25) is 0 Å². The minimum Gasteiger partial charge on any atom is -0.470 e. The number of halogens is 1. The number of nitrogens with zero attached hydrogens (tertiary/aromatic N) is 2. The number of para-hydroxylation sites is 2. The van der Waals surface area contributed by atoms with Gasteiger partial charge in [0.1, 0.15) is 16.3 Å². The van der Waals surface area contributed by atoms with Crippen LogP contribution in [-0.2, 0) is 0 Å². The summed E-state index contributed by atoms with van der Waals surface area (Å²) in [7, 11) is 0. The maximum Gasteiger partial charge on any atom is 0.418 e. The van der Waals surface area contributed by atoms with Crippen molar-refractivity contribution in [3.05, 3.63) is 65.1 Å². The number of hydrogen-bond donors (Lipinski definition) is 2. The molecule has 7 nitrogen and oxygen atoms in total. The monoisotopic (exact) mass is 445 g/mol. The van der Waals surface area contributed by atoms with Crippen LogP contribution in [0.1, 0.15) is 13.8 Å². The Bertz CT molecular complexity index is 929. The maximum absolute atomic E-state index is 12.4. The zero-order valence-corrected chi connectivity index (χ0v) is 17.0. The number of rotatable bonds is 6. The Kier molecular flexibility index (Phi) is 6.33. The van der Waals surface area contributed by atoms with Gasteiger partial charge in [0.2, 0.25) is 5.88 Å². The first-order valence-corrected chi connectivity index (χ1v) is 9.47. The van der Waals surface area contributed by atoms with Crippen LogP contribution in [-0.4, -0.2) is 33.2 Å². The summed E-state index contributed by atoms with van der Waals surface area (Å²) in [6.45, 7) is 3.36. The van der Waals surface area contributed by atoms with Gasteiger partial charge in [-0.15, -0.1) is 5.10 Å². The zero-order chi connectivity index (χ0) is 20.1. The molecular weight excluding hydrogens is 426 g/mol. The van der Waals surface area contributed by atoms with Crippen molar-refractivity contribution in [1.82, 2.24) is 9.78 Å². The largest absolute Gasteiger partial charge is 0.470 e. The van der Waals surface area contributed by atoms with Crippen LogP contribution in [0.5, 0.6) is 11.6 Å². The number of hydrogen-bond acceptors (Lipinski definition) is 5. The third-order valence-electron chi connectivity index (χ3n) is 3.95. The van der Waals surface area contributed by atoms with Gasteiger partial charge >= 0.3 is 6.09 Å². The van der Waals surface area contributed by atoms with Crippen LogP contribution in [0.15, 0.2) is 65.1 Å². The van der Waals surface area contributed by atoms with E-state index in [9.17, 15) is 9.90 Å². The second kappa shape index (κ2) is 8.90. The van der Waals surface area contributed by atoms with Gasteiger partial charge in [-0.3, -0.25) is 5.32 Å². The van der Waals surface area contributed by atoms with Crippen molar-refractivity contribution >= 4 is 27.8 Å². The van der Waals surface area contributed by atoms with Crippen LogP contribution in [0.25, 0.3) is 5.69 Å². The van der Waals surface area contributed by atoms with Crippen molar-refractivity contribution in [3.63, 3.8) is 0 Å². The van der Waals surface area contributed by atoms with E-state index < -0.39 is 18.3 Å². The molecule has 0 saturated heterocycles. The first-order chi connectivity index (χ1) is 13.5. The molecular formula is C20H20BrN3O4. The number of carbonyl (C=O) groups is 1. The number of nitrogens with one attached hydrogen (secondary N) is 1. The first kappa shape index (κ1) is 19.9. The standard InChI is InChI=1S/C20H20BrN3O4/c1-13(25)14(2)27-19-17(21)18(24(23-19)15-9-5-3-6-10-15)22-20(26)28-16-11-7-4-8-12-16/h3-14,25H,1-2H3,(H,22,26). The molecule has 1 heterocycles. The van der Waals surface area contributed by atoms with E-state index >= 15 is 0 Å². The fourth-order valence-corrected chi connectivity index (χ4v) is 2.75. The minimum atomic E-state index is -0.687. The zero-order valence-electron chi connectivity index (χ0n) is 15.4. The third kappa shape index (κ3) is 4.71. The molecule has 8 heteroatoms. The summed E-state index contributed by atoms with van der Waals surface area (Å²) in [6, 6.07) is 18.0. The summed E-state index contributed by atoms with van der Waals surface area (Å²) in [5, 5.41) is 16.8. The SMILES string of the molecule is CC(O)C(C)Oc1nn(-c2ccccc2)c(NC(=O)Oc2ccccc2)c1Br. The van der Waals surface area contributed by atoms with Crippen LogP contribution in [0, 0.1) is 0 Å². The third-order valence-corrected chi connectivity index (χ3v) is 4.66. The van der Waals surface area contributed by atoms with E-state index in [1.54, 1.807) is 38.1 Å². The molecule has 0 radical (unpaired) electrons. The number of aromatic nitrogens is 2. The molecule has 1 aromatic heterocycles. The molecule has 3 rings (SSSR count). The molecule has 0 saturated carbocycles. The minimum absolute atomic E-state index is 0.243. The summed E-state index contributed by atoms with van der Waals surface area (Å²) in [4.78, 5) is 12.4. The average Bonchev–Trinajstić information content (AvgIpc) is 2.99. The lowest BCUT2D eigenvalue weighted by Crippen LogP contribution is -2.25. The maximum atomic E-state index is 12.4. The Morgan fingerprint density at radius 2 is 1.71 bits per heavy atom. The highest BCUT2D eigenvalue weighted by atomic mass is 79.9. The van der Waals surface area contributed by atoms with Gasteiger partial charge in [0.25, 0.3) is 0 Å². The summed E-state index contributed by atoms with van der Waals surface area (Å²) < 4.78 is 13.0. The van der Waals surface area contributed by atoms with Crippen molar-refractivity contribution in [3.8, 4) is 17.3 Å². The van der Waals surface area contributed by atoms with Crippen LogP contribution in [0.4, 0.5) is 10.6 Å². The molecule has 28 heavy (non-hydrogen) atoms. The van der Waals surface area contributed by atoms with E-state index in [4.69, 9.17) is 9.47 Å². The summed E-state index contributed by atoms with van der Waals surface area (Å²) >= 11 is 3.43.